The minimum absolute atomic E-state index is 0.0862. The van der Waals surface area contributed by atoms with Crippen LogP contribution >= 0.6 is 11.6 Å². The topological polar surface area (TPSA) is 84.3 Å². The SMILES string of the molecule is CN(CC(=O)Nc1ccc2c(c1)nc1n2CCCCC1)S(=O)(=O)c1ccc(Cl)cc1. The van der Waals surface area contributed by atoms with E-state index in [1.807, 2.05) is 18.2 Å². The summed E-state index contributed by atoms with van der Waals surface area (Å²) in [5, 5.41) is 3.22. The van der Waals surface area contributed by atoms with Crippen LogP contribution < -0.4 is 5.32 Å². The Morgan fingerprint density at radius 2 is 1.93 bits per heavy atom. The summed E-state index contributed by atoms with van der Waals surface area (Å²) in [6.45, 7) is 0.660. The van der Waals surface area contributed by atoms with Crippen LogP contribution in [0.5, 0.6) is 0 Å². The number of aromatic nitrogens is 2. The number of aryl methyl sites for hydroxylation is 2. The highest BCUT2D eigenvalue weighted by Crippen LogP contribution is 2.24. The normalized spacial score (nSPS) is 14.5. The number of imidazole rings is 1. The number of hydrogen-bond acceptors (Lipinski definition) is 4. The summed E-state index contributed by atoms with van der Waals surface area (Å²) in [5.74, 6) is 0.662. The molecule has 1 N–H and O–H groups in total. The standard InChI is InChI=1S/C21H23ClN4O3S/c1-25(30(28,29)17-9-6-15(22)7-10-17)14-21(27)23-16-8-11-19-18(13-16)24-20-5-3-2-4-12-26(19)20/h6-11,13H,2-5,12,14H2,1H3,(H,23,27). The summed E-state index contributed by atoms with van der Waals surface area (Å²) in [7, 11) is -2.41. The van der Waals surface area contributed by atoms with Crippen LogP contribution in [0.3, 0.4) is 0 Å². The van der Waals surface area contributed by atoms with E-state index in [-0.39, 0.29) is 11.4 Å². The number of likely N-dealkylation sites (N-methyl/N-ethyl adjacent to an activating group) is 1. The van der Waals surface area contributed by atoms with Crippen LogP contribution in [-0.4, -0.2) is 41.8 Å². The molecule has 0 fully saturated rings. The van der Waals surface area contributed by atoms with Gasteiger partial charge in [-0.15, -0.1) is 0 Å². The number of nitrogens with zero attached hydrogens (tertiary/aromatic N) is 3. The maximum Gasteiger partial charge on any atom is 0.243 e. The molecule has 2 heterocycles. The number of sulfonamides is 1. The molecule has 0 bridgehead atoms. The molecule has 0 unspecified atom stereocenters. The van der Waals surface area contributed by atoms with Crippen LogP contribution in [0.4, 0.5) is 5.69 Å². The Balaban J connectivity index is 1.47. The second-order valence-electron chi connectivity index (χ2n) is 7.46. The van der Waals surface area contributed by atoms with Crippen LogP contribution in [-0.2, 0) is 27.8 Å². The molecular formula is C21H23ClN4O3S. The number of benzene rings is 2. The quantitative estimate of drug-likeness (QED) is 0.648. The third-order valence-corrected chi connectivity index (χ3v) is 7.35. The van der Waals surface area contributed by atoms with E-state index in [1.54, 1.807) is 0 Å². The van der Waals surface area contributed by atoms with E-state index in [0.29, 0.717) is 10.7 Å². The van der Waals surface area contributed by atoms with Crippen molar-refractivity contribution in [1.29, 1.82) is 0 Å². The van der Waals surface area contributed by atoms with Gasteiger partial charge >= 0.3 is 0 Å². The molecule has 7 nitrogen and oxygen atoms in total. The first-order valence-corrected chi connectivity index (χ1v) is 11.7. The number of fused-ring (bicyclic) bond motifs is 3. The Kier molecular flexibility index (Phi) is 5.81. The average molecular weight is 447 g/mol. The van der Waals surface area contributed by atoms with Crippen molar-refractivity contribution in [2.45, 2.75) is 37.1 Å². The Labute approximate surface area is 180 Å². The lowest BCUT2D eigenvalue weighted by molar-refractivity contribution is -0.116. The predicted octanol–water partition coefficient (Wildman–Crippen LogP) is 3.68. The second kappa shape index (κ2) is 8.37. The van der Waals surface area contributed by atoms with Gasteiger partial charge in [-0.1, -0.05) is 18.0 Å². The Morgan fingerprint density at radius 1 is 1.17 bits per heavy atom. The fourth-order valence-corrected chi connectivity index (χ4v) is 4.95. The molecule has 0 saturated carbocycles. The molecule has 0 atom stereocenters. The summed E-state index contributed by atoms with van der Waals surface area (Å²) in [4.78, 5) is 17.3. The van der Waals surface area contributed by atoms with Crippen LogP contribution in [0.15, 0.2) is 47.4 Å². The molecule has 2 aromatic carbocycles. The molecule has 0 radical (unpaired) electrons. The van der Waals surface area contributed by atoms with E-state index in [0.717, 1.165) is 47.0 Å². The first-order chi connectivity index (χ1) is 14.3. The van der Waals surface area contributed by atoms with Crippen LogP contribution in [0.1, 0.15) is 25.1 Å². The number of carbonyl (C=O) groups is 1. The molecule has 0 spiro atoms. The monoisotopic (exact) mass is 446 g/mol. The largest absolute Gasteiger partial charge is 0.328 e. The van der Waals surface area contributed by atoms with Crippen molar-refractivity contribution >= 4 is 44.3 Å². The molecule has 1 aromatic heterocycles. The highest BCUT2D eigenvalue weighted by atomic mass is 35.5. The van der Waals surface area contributed by atoms with Gasteiger partial charge < -0.3 is 9.88 Å². The third kappa shape index (κ3) is 4.21. The predicted molar refractivity (Wildman–Crippen MR) is 117 cm³/mol. The molecule has 1 aliphatic rings. The van der Waals surface area contributed by atoms with E-state index in [4.69, 9.17) is 16.6 Å². The van der Waals surface area contributed by atoms with Crippen LogP contribution in [0.25, 0.3) is 11.0 Å². The summed E-state index contributed by atoms with van der Waals surface area (Å²) < 4.78 is 28.5. The van der Waals surface area contributed by atoms with Gasteiger partial charge in [-0.2, -0.15) is 4.31 Å². The molecule has 158 valence electrons. The van der Waals surface area contributed by atoms with E-state index in [9.17, 15) is 13.2 Å². The fraction of sp³-hybridized carbons (Fsp3) is 0.333. The first kappa shape index (κ1) is 20.8. The molecule has 3 aromatic rings. The molecular weight excluding hydrogens is 424 g/mol. The Morgan fingerprint density at radius 3 is 2.70 bits per heavy atom. The molecule has 9 heteroatoms. The van der Waals surface area contributed by atoms with Crippen molar-refractivity contribution < 1.29 is 13.2 Å². The smallest absolute Gasteiger partial charge is 0.243 e. The summed E-state index contributed by atoms with van der Waals surface area (Å²) in [6, 6.07) is 11.5. The minimum Gasteiger partial charge on any atom is -0.328 e. The number of rotatable bonds is 5. The van der Waals surface area contributed by atoms with Gasteiger partial charge in [0.2, 0.25) is 15.9 Å². The summed E-state index contributed by atoms with van der Waals surface area (Å²) in [5.41, 5.74) is 2.50. The zero-order chi connectivity index (χ0) is 21.3. The highest BCUT2D eigenvalue weighted by molar-refractivity contribution is 7.89. The van der Waals surface area contributed by atoms with E-state index in [2.05, 4.69) is 9.88 Å². The second-order valence-corrected chi connectivity index (χ2v) is 9.94. The van der Waals surface area contributed by atoms with Gasteiger partial charge in [-0.25, -0.2) is 13.4 Å². The summed E-state index contributed by atoms with van der Waals surface area (Å²) >= 11 is 5.82. The molecule has 4 rings (SSSR count). The first-order valence-electron chi connectivity index (χ1n) is 9.85. The average Bonchev–Trinajstić information content (AvgIpc) is 2.88. The molecule has 30 heavy (non-hydrogen) atoms. The van der Waals surface area contributed by atoms with Crippen LogP contribution in [0.2, 0.25) is 5.02 Å². The summed E-state index contributed by atoms with van der Waals surface area (Å²) in [6.07, 6.45) is 4.46. The highest BCUT2D eigenvalue weighted by Gasteiger charge is 2.23. The number of hydrogen-bond donors (Lipinski definition) is 1. The number of amides is 1. The number of nitrogens with one attached hydrogen (secondary N) is 1. The van der Waals surface area contributed by atoms with Crippen LogP contribution in [0, 0.1) is 0 Å². The van der Waals surface area contributed by atoms with Crippen molar-refractivity contribution in [2.75, 3.05) is 18.9 Å². The molecule has 1 amide bonds. The van der Waals surface area contributed by atoms with E-state index >= 15 is 0 Å². The number of carbonyl (C=O) groups excluding carboxylic acids is 1. The zero-order valence-corrected chi connectivity index (χ0v) is 18.2. The van der Waals surface area contributed by atoms with Gasteiger partial charge in [0.1, 0.15) is 5.82 Å². The number of halogens is 1. The Hall–Kier alpha value is -2.42. The van der Waals surface area contributed by atoms with E-state index < -0.39 is 15.9 Å². The van der Waals surface area contributed by atoms with Gasteiger partial charge in [0, 0.05) is 30.7 Å². The Bertz CT molecular complexity index is 1190. The van der Waals surface area contributed by atoms with Crippen molar-refractivity contribution in [2.24, 2.45) is 0 Å². The maximum absolute atomic E-state index is 12.6. The molecule has 0 aliphatic carbocycles. The zero-order valence-electron chi connectivity index (χ0n) is 16.6. The van der Waals surface area contributed by atoms with Crippen molar-refractivity contribution in [3.05, 3.63) is 53.3 Å². The fourth-order valence-electron chi connectivity index (χ4n) is 3.70. The van der Waals surface area contributed by atoms with Crippen molar-refractivity contribution in [3.63, 3.8) is 0 Å². The molecule has 1 aliphatic heterocycles. The number of anilines is 1. The van der Waals surface area contributed by atoms with Crippen molar-refractivity contribution in [1.82, 2.24) is 13.9 Å². The van der Waals surface area contributed by atoms with E-state index in [1.165, 1.54) is 37.7 Å². The van der Waals surface area contributed by atoms with Gasteiger partial charge in [-0.3, -0.25) is 4.79 Å². The lowest BCUT2D eigenvalue weighted by Crippen LogP contribution is -2.34. The van der Waals surface area contributed by atoms with Gasteiger partial charge in [-0.05, 0) is 55.3 Å². The van der Waals surface area contributed by atoms with Gasteiger partial charge in [0.25, 0.3) is 0 Å². The maximum atomic E-state index is 12.6. The minimum atomic E-state index is -3.79. The lowest BCUT2D eigenvalue weighted by atomic mass is 10.2. The molecule has 0 saturated heterocycles. The lowest BCUT2D eigenvalue weighted by Gasteiger charge is -2.17. The van der Waals surface area contributed by atoms with Gasteiger partial charge in [0.05, 0.1) is 22.5 Å². The third-order valence-electron chi connectivity index (χ3n) is 5.28. The van der Waals surface area contributed by atoms with Crippen molar-refractivity contribution in [3.8, 4) is 0 Å². The van der Waals surface area contributed by atoms with Gasteiger partial charge in [0.15, 0.2) is 0 Å².